The van der Waals surface area contributed by atoms with E-state index in [0.717, 1.165) is 0 Å². The predicted molar refractivity (Wildman–Crippen MR) is 33.4 cm³/mol. The van der Waals surface area contributed by atoms with Crippen LogP contribution >= 0.6 is 25.2 Å². The highest BCUT2D eigenvalue weighted by Crippen LogP contribution is 2.25. The Kier molecular flexibility index (Phi) is 9.52. The van der Waals surface area contributed by atoms with Gasteiger partial charge in [-0.15, -0.1) is 0 Å². The van der Waals surface area contributed by atoms with E-state index >= 15 is 0 Å². The molecule has 0 bridgehead atoms. The molecule has 0 radical (unpaired) electrons. The van der Waals surface area contributed by atoms with Gasteiger partial charge in [0.2, 0.25) is 0 Å². The quantitative estimate of drug-likeness (QED) is 0.546. The minimum atomic E-state index is -4.64. The zero-order chi connectivity index (χ0) is 8.62. The van der Waals surface area contributed by atoms with Crippen LogP contribution in [0, 0.1) is 0 Å². The monoisotopic (exact) mass is 210 g/mol. The molecule has 10 heteroatoms. The minimum absolute atomic E-state index is 0.892. The van der Waals surface area contributed by atoms with E-state index in [0.29, 0.717) is 0 Å². The zero-order valence-electron chi connectivity index (χ0n) is 4.42. The summed E-state index contributed by atoms with van der Waals surface area (Å²) in [5.74, 6) is 0. The summed E-state index contributed by atoms with van der Waals surface area (Å²) in [7, 11) is -6.42. The Labute approximate surface area is 58.8 Å². The molecule has 0 amide bonds. The van der Waals surface area contributed by atoms with E-state index < -0.39 is 25.2 Å². The molecule has 0 heterocycles. The Balaban J connectivity index is 0. The molecule has 10 heavy (non-hydrogen) atoms. The lowest BCUT2D eigenvalue weighted by Crippen LogP contribution is -1.66. The summed E-state index contributed by atoms with van der Waals surface area (Å²) in [4.78, 5) is 21.6. The number of hydrogen-bond acceptors (Lipinski definition) is 4. The fourth-order valence-corrected chi connectivity index (χ4v) is 0.153. The SMILES string of the molecule is O=P(O)(O)O.O=[PH+]O[PH+]=O. The van der Waals surface area contributed by atoms with Gasteiger partial charge in [0.05, 0.1) is 0 Å². The fourth-order valence-electron chi connectivity index (χ4n) is 0.0170. The third-order valence-electron chi connectivity index (χ3n) is 0.0833. The summed E-state index contributed by atoms with van der Waals surface area (Å²) < 4.78 is 30.9. The van der Waals surface area contributed by atoms with Gasteiger partial charge in [-0.2, -0.15) is 0 Å². The first-order valence-electron chi connectivity index (χ1n) is 1.60. The second-order valence-corrected chi connectivity index (χ2v) is 2.96. The van der Waals surface area contributed by atoms with Crippen LogP contribution < -0.4 is 0 Å². The van der Waals surface area contributed by atoms with Gasteiger partial charge in [0, 0.05) is 0 Å². The van der Waals surface area contributed by atoms with Crippen LogP contribution in [0.1, 0.15) is 0 Å². The fraction of sp³-hybridized carbons (Fsp3) is 0. The van der Waals surface area contributed by atoms with Gasteiger partial charge in [0.1, 0.15) is 4.31 Å². The van der Waals surface area contributed by atoms with Gasteiger partial charge in [0.15, 0.2) is 0 Å². The summed E-state index contributed by atoms with van der Waals surface area (Å²) in [6.07, 6.45) is 0. The molecule has 0 saturated carbocycles. The van der Waals surface area contributed by atoms with Crippen LogP contribution in [0.2, 0.25) is 0 Å². The highest BCUT2D eigenvalue weighted by molar-refractivity contribution is 7.45. The Hall–Kier alpha value is 0.270. The van der Waals surface area contributed by atoms with Crippen molar-refractivity contribution < 1.29 is 32.7 Å². The highest BCUT2D eigenvalue weighted by atomic mass is 31.2. The summed E-state index contributed by atoms with van der Waals surface area (Å²) >= 11 is 0. The van der Waals surface area contributed by atoms with Crippen LogP contribution in [-0.4, -0.2) is 14.7 Å². The lowest BCUT2D eigenvalue weighted by molar-refractivity contribution is 0.275. The molecule has 0 unspecified atom stereocenters. The van der Waals surface area contributed by atoms with Crippen molar-refractivity contribution in [3.8, 4) is 0 Å². The Morgan fingerprint density at radius 2 is 1.30 bits per heavy atom. The first kappa shape index (κ1) is 12.9. The van der Waals surface area contributed by atoms with Gasteiger partial charge < -0.3 is 14.7 Å². The molecule has 0 fully saturated rings. The average Bonchev–Trinajstić information content (AvgIpc) is 1.63. The first-order valence-corrected chi connectivity index (χ1v) is 4.80. The number of rotatable bonds is 2. The standard InChI is InChI=1S/H3O4P.H2O3P2/c1-5(2,3)4;1-4-3-5-2/h(H3,1,2,3,4);4-5H/q;+2. The summed E-state index contributed by atoms with van der Waals surface area (Å²) in [6, 6.07) is 0. The Morgan fingerprint density at radius 3 is 1.30 bits per heavy atom. The Bertz CT molecular complexity index is 118. The van der Waals surface area contributed by atoms with Crippen LogP contribution in [0.3, 0.4) is 0 Å². The van der Waals surface area contributed by atoms with Gasteiger partial charge >= 0.3 is 25.2 Å². The molecule has 0 aliphatic heterocycles. The molecule has 7 nitrogen and oxygen atoms in total. The summed E-state index contributed by atoms with van der Waals surface area (Å²) in [5.41, 5.74) is 0. The maximum Gasteiger partial charge on any atom is 0.548 e. The van der Waals surface area contributed by atoms with E-state index in [1.807, 2.05) is 0 Å². The molecule has 0 aromatic rings. The van der Waals surface area contributed by atoms with E-state index in [1.165, 1.54) is 0 Å². The van der Waals surface area contributed by atoms with E-state index in [1.54, 1.807) is 0 Å². The molecule has 0 rings (SSSR count). The predicted octanol–water partition coefficient (Wildman–Crippen LogP) is -0.0476. The van der Waals surface area contributed by atoms with E-state index in [2.05, 4.69) is 4.31 Å². The molecule has 0 aromatic heterocycles. The molecule has 0 saturated heterocycles. The first-order chi connectivity index (χ1) is 4.41. The zero-order valence-corrected chi connectivity index (χ0v) is 7.32. The lowest BCUT2D eigenvalue weighted by atomic mass is 15.8. The van der Waals surface area contributed by atoms with E-state index in [4.69, 9.17) is 28.4 Å². The summed E-state index contributed by atoms with van der Waals surface area (Å²) in [5, 5.41) is 0. The number of phosphoric acid groups is 1. The van der Waals surface area contributed by atoms with Gasteiger partial charge in [-0.1, -0.05) is 0 Å². The van der Waals surface area contributed by atoms with Crippen LogP contribution in [-0.2, 0) is 18.0 Å². The van der Waals surface area contributed by atoms with Gasteiger partial charge in [-0.25, -0.2) is 4.57 Å². The average molecular weight is 210 g/mol. The van der Waals surface area contributed by atoms with Crippen LogP contribution in [0.5, 0.6) is 0 Å². The maximum atomic E-state index is 9.14. The molecule has 0 spiro atoms. The van der Waals surface area contributed by atoms with Crippen LogP contribution in [0.4, 0.5) is 0 Å². The van der Waals surface area contributed by atoms with E-state index in [9.17, 15) is 0 Å². The molecule has 0 aliphatic rings. The molecule has 0 aliphatic carbocycles. The minimum Gasteiger partial charge on any atom is -0.303 e. The van der Waals surface area contributed by atoms with Crippen molar-refractivity contribution in [2.24, 2.45) is 0 Å². The lowest BCUT2D eigenvalue weighted by Gasteiger charge is -1.82. The topological polar surface area (TPSA) is 121 Å². The van der Waals surface area contributed by atoms with Crippen molar-refractivity contribution in [2.75, 3.05) is 0 Å². The van der Waals surface area contributed by atoms with Gasteiger partial charge in [-0.05, 0) is 9.13 Å². The number of hydrogen-bond donors (Lipinski definition) is 3. The molecular weight excluding hydrogens is 205 g/mol. The third kappa shape index (κ3) is 84.8. The van der Waals surface area contributed by atoms with Crippen molar-refractivity contribution in [1.29, 1.82) is 0 Å². The molecular formula is H5O7P3+2. The van der Waals surface area contributed by atoms with Crippen LogP contribution in [0.25, 0.3) is 0 Å². The third-order valence-corrected chi connectivity index (χ3v) is 0.750. The molecule has 0 atom stereocenters. The van der Waals surface area contributed by atoms with Crippen molar-refractivity contribution in [2.45, 2.75) is 0 Å². The van der Waals surface area contributed by atoms with Crippen molar-refractivity contribution >= 4 is 25.2 Å². The largest absolute Gasteiger partial charge is 0.548 e. The maximum absolute atomic E-state index is 9.14. The van der Waals surface area contributed by atoms with Crippen molar-refractivity contribution in [3.63, 3.8) is 0 Å². The smallest absolute Gasteiger partial charge is 0.303 e. The van der Waals surface area contributed by atoms with E-state index in [-0.39, 0.29) is 0 Å². The molecule has 60 valence electrons. The Morgan fingerprint density at radius 1 is 1.10 bits per heavy atom. The van der Waals surface area contributed by atoms with Gasteiger partial charge in [-0.3, -0.25) is 0 Å². The molecule has 0 aromatic carbocycles. The van der Waals surface area contributed by atoms with Crippen LogP contribution in [0.15, 0.2) is 0 Å². The second-order valence-electron chi connectivity index (χ2n) is 0.782. The second kappa shape index (κ2) is 7.38. The summed E-state index contributed by atoms with van der Waals surface area (Å²) in [6.45, 7) is 0. The van der Waals surface area contributed by atoms with Crippen molar-refractivity contribution in [1.82, 2.24) is 0 Å². The van der Waals surface area contributed by atoms with Gasteiger partial charge in [0.25, 0.3) is 0 Å². The normalized spacial score (nSPS) is 10.7. The van der Waals surface area contributed by atoms with Crippen molar-refractivity contribution in [3.05, 3.63) is 0 Å². The molecule has 3 N–H and O–H groups in total. The highest BCUT2D eigenvalue weighted by Gasteiger charge is 2.00.